The highest BCUT2D eigenvalue weighted by molar-refractivity contribution is 7.92. The van der Waals surface area contributed by atoms with E-state index >= 15 is 0 Å². The van der Waals surface area contributed by atoms with Gasteiger partial charge in [-0.2, -0.15) is 0 Å². The van der Waals surface area contributed by atoms with Crippen LogP contribution in [0.4, 0.5) is 16.0 Å². The third kappa shape index (κ3) is 3.09. The van der Waals surface area contributed by atoms with E-state index < -0.39 is 15.8 Å². The van der Waals surface area contributed by atoms with Gasteiger partial charge in [-0.1, -0.05) is 11.6 Å². The number of benzene rings is 1. The number of sulfonamides is 1. The molecule has 2 rings (SSSR count). The molecule has 9 heteroatoms. The van der Waals surface area contributed by atoms with Crippen molar-refractivity contribution in [1.29, 1.82) is 0 Å². The van der Waals surface area contributed by atoms with E-state index in [1.54, 1.807) is 0 Å². The third-order valence-electron chi connectivity index (χ3n) is 2.13. The maximum Gasteiger partial charge on any atom is 0.265 e. The van der Waals surface area contributed by atoms with Crippen molar-refractivity contribution < 1.29 is 12.8 Å². The summed E-state index contributed by atoms with van der Waals surface area (Å²) in [6.45, 7) is 0. The van der Waals surface area contributed by atoms with Crippen LogP contribution in [0.5, 0.6) is 0 Å². The molecule has 1 aromatic carbocycles. The summed E-state index contributed by atoms with van der Waals surface area (Å²) >= 11 is 5.57. The van der Waals surface area contributed by atoms with E-state index in [2.05, 4.69) is 14.7 Å². The number of aromatic nitrogens is 2. The molecule has 0 fully saturated rings. The Labute approximate surface area is 113 Å². The summed E-state index contributed by atoms with van der Waals surface area (Å²) in [5.41, 5.74) is 5.03. The number of rotatable bonds is 3. The minimum absolute atomic E-state index is 0.0587. The minimum Gasteiger partial charge on any atom is -0.368 e. The van der Waals surface area contributed by atoms with Crippen LogP contribution in [0.1, 0.15) is 0 Å². The Hall–Kier alpha value is -1.93. The zero-order valence-corrected chi connectivity index (χ0v) is 10.9. The van der Waals surface area contributed by atoms with Crippen molar-refractivity contribution in [3.05, 3.63) is 41.4 Å². The number of nitrogens with zero attached hydrogens (tertiary/aromatic N) is 2. The Kier molecular flexibility index (Phi) is 3.54. The average molecular weight is 303 g/mol. The molecule has 0 bridgehead atoms. The fourth-order valence-corrected chi connectivity index (χ4v) is 2.36. The lowest BCUT2D eigenvalue weighted by Crippen LogP contribution is -2.15. The van der Waals surface area contributed by atoms with E-state index in [4.69, 9.17) is 17.3 Å². The summed E-state index contributed by atoms with van der Waals surface area (Å²) in [6.07, 6.45) is 2.05. The third-order valence-corrected chi connectivity index (χ3v) is 3.69. The van der Waals surface area contributed by atoms with Gasteiger partial charge in [-0.3, -0.25) is 4.72 Å². The number of hydrogen-bond acceptors (Lipinski definition) is 5. The first-order valence-electron chi connectivity index (χ1n) is 4.94. The molecule has 0 aliphatic carbocycles. The molecule has 19 heavy (non-hydrogen) atoms. The van der Waals surface area contributed by atoms with Crippen molar-refractivity contribution >= 4 is 33.3 Å². The minimum atomic E-state index is -3.98. The topological polar surface area (TPSA) is 98.0 Å². The highest BCUT2D eigenvalue weighted by Gasteiger charge is 2.17. The molecule has 1 aromatic heterocycles. The van der Waals surface area contributed by atoms with Gasteiger partial charge < -0.3 is 5.73 Å². The van der Waals surface area contributed by atoms with Crippen molar-refractivity contribution in [2.45, 2.75) is 4.90 Å². The van der Waals surface area contributed by atoms with Crippen LogP contribution in [0.3, 0.4) is 0 Å². The van der Waals surface area contributed by atoms with E-state index in [9.17, 15) is 12.8 Å². The molecule has 3 N–H and O–H groups in total. The van der Waals surface area contributed by atoms with Gasteiger partial charge >= 0.3 is 0 Å². The van der Waals surface area contributed by atoms with Gasteiger partial charge in [0.05, 0.1) is 18.1 Å². The number of hydrogen-bond donors (Lipinski definition) is 2. The van der Waals surface area contributed by atoms with Crippen LogP contribution in [-0.2, 0) is 10.0 Å². The van der Waals surface area contributed by atoms with Crippen molar-refractivity contribution in [2.24, 2.45) is 0 Å². The van der Waals surface area contributed by atoms with Gasteiger partial charge in [0.15, 0.2) is 0 Å². The second-order valence-corrected chi connectivity index (χ2v) is 5.63. The van der Waals surface area contributed by atoms with Crippen LogP contribution in [0, 0.1) is 5.82 Å². The highest BCUT2D eigenvalue weighted by atomic mass is 35.5. The van der Waals surface area contributed by atoms with Gasteiger partial charge in [0.2, 0.25) is 5.95 Å². The fraction of sp³-hybridized carbons (Fsp3) is 0. The number of anilines is 2. The van der Waals surface area contributed by atoms with Crippen LogP contribution in [0.2, 0.25) is 5.02 Å². The van der Waals surface area contributed by atoms with Crippen LogP contribution in [-0.4, -0.2) is 18.4 Å². The largest absolute Gasteiger partial charge is 0.368 e. The molecular weight excluding hydrogens is 295 g/mol. The molecule has 0 saturated carbocycles. The van der Waals surface area contributed by atoms with Gasteiger partial charge in [0.25, 0.3) is 10.0 Å². The van der Waals surface area contributed by atoms with Gasteiger partial charge in [0, 0.05) is 5.02 Å². The first-order valence-corrected chi connectivity index (χ1v) is 6.80. The molecule has 6 nitrogen and oxygen atoms in total. The Morgan fingerprint density at radius 3 is 2.47 bits per heavy atom. The van der Waals surface area contributed by atoms with Gasteiger partial charge in [-0.25, -0.2) is 22.8 Å². The Morgan fingerprint density at radius 2 is 1.89 bits per heavy atom. The molecule has 0 aliphatic heterocycles. The maximum atomic E-state index is 13.5. The SMILES string of the molecule is Nc1ncc(S(=O)(=O)Nc2ccc(Cl)cc2F)cn1. The summed E-state index contributed by atoms with van der Waals surface area (Å²) in [4.78, 5) is 6.89. The molecule has 0 radical (unpaired) electrons. The van der Waals surface area contributed by atoms with Crippen LogP contribution >= 0.6 is 11.6 Å². The van der Waals surface area contributed by atoms with E-state index in [1.807, 2.05) is 0 Å². The quantitative estimate of drug-likeness (QED) is 0.898. The lowest BCUT2D eigenvalue weighted by Gasteiger charge is -2.08. The molecule has 0 spiro atoms. The smallest absolute Gasteiger partial charge is 0.265 e. The molecule has 100 valence electrons. The summed E-state index contributed by atoms with van der Waals surface area (Å²) in [5, 5.41) is 0.163. The second-order valence-electron chi connectivity index (χ2n) is 3.51. The lowest BCUT2D eigenvalue weighted by molar-refractivity contribution is 0.597. The predicted octanol–water partition coefficient (Wildman–Crippen LogP) is 1.65. The van der Waals surface area contributed by atoms with Crippen LogP contribution < -0.4 is 10.5 Å². The van der Waals surface area contributed by atoms with Crippen molar-refractivity contribution in [3.63, 3.8) is 0 Å². The fourth-order valence-electron chi connectivity index (χ4n) is 1.24. The summed E-state index contributed by atoms with van der Waals surface area (Å²) in [5.74, 6) is -0.843. The zero-order valence-electron chi connectivity index (χ0n) is 9.34. The molecule has 2 aromatic rings. The Bertz CT molecular complexity index is 706. The first-order chi connectivity index (χ1) is 8.88. The number of nitrogen functional groups attached to an aromatic ring is 1. The number of nitrogens with two attached hydrogens (primary N) is 1. The van der Waals surface area contributed by atoms with Gasteiger partial charge in [-0.05, 0) is 18.2 Å². The maximum absolute atomic E-state index is 13.5. The molecular formula is C10H8ClFN4O2S. The van der Waals surface area contributed by atoms with Crippen LogP contribution in [0.25, 0.3) is 0 Å². The van der Waals surface area contributed by atoms with Crippen molar-refractivity contribution in [2.75, 3.05) is 10.5 Å². The van der Waals surface area contributed by atoms with Crippen molar-refractivity contribution in [1.82, 2.24) is 9.97 Å². The number of nitrogens with one attached hydrogen (secondary N) is 1. The molecule has 0 amide bonds. The molecule has 1 heterocycles. The van der Waals surface area contributed by atoms with E-state index in [-0.39, 0.29) is 21.6 Å². The van der Waals surface area contributed by atoms with Gasteiger partial charge in [0.1, 0.15) is 10.7 Å². The molecule has 0 unspecified atom stereocenters. The van der Waals surface area contributed by atoms with E-state index in [1.165, 1.54) is 12.1 Å². The Morgan fingerprint density at radius 1 is 1.26 bits per heavy atom. The molecule has 0 atom stereocenters. The lowest BCUT2D eigenvalue weighted by atomic mass is 10.3. The highest BCUT2D eigenvalue weighted by Crippen LogP contribution is 2.21. The average Bonchev–Trinajstić information content (AvgIpc) is 2.33. The summed E-state index contributed by atoms with van der Waals surface area (Å²) < 4.78 is 39.4. The second kappa shape index (κ2) is 4.98. The Balaban J connectivity index is 2.33. The monoisotopic (exact) mass is 302 g/mol. The first kappa shape index (κ1) is 13.5. The molecule has 0 saturated heterocycles. The van der Waals surface area contributed by atoms with Crippen LogP contribution in [0.15, 0.2) is 35.5 Å². The predicted molar refractivity (Wildman–Crippen MR) is 68.7 cm³/mol. The van der Waals surface area contributed by atoms with Gasteiger partial charge in [-0.15, -0.1) is 0 Å². The van der Waals surface area contributed by atoms with E-state index in [0.29, 0.717) is 0 Å². The molecule has 0 aliphatic rings. The standard InChI is InChI=1S/C10H8ClFN4O2S/c11-6-1-2-9(8(12)3-6)16-19(17,18)7-4-14-10(13)15-5-7/h1-5,16H,(H2,13,14,15). The zero-order chi connectivity index (χ0) is 14.0. The normalized spacial score (nSPS) is 11.3. The summed E-state index contributed by atoms with van der Waals surface area (Å²) in [7, 11) is -3.98. The van der Waals surface area contributed by atoms with Crippen molar-refractivity contribution in [3.8, 4) is 0 Å². The summed E-state index contributed by atoms with van der Waals surface area (Å²) in [6, 6.07) is 3.58. The number of halogens is 2. The van der Waals surface area contributed by atoms with E-state index in [0.717, 1.165) is 18.5 Å².